The molecule has 4 rings (SSSR count). The third-order valence-electron chi connectivity index (χ3n) is 5.14. The molecule has 1 amide bonds. The number of rotatable bonds is 4. The van der Waals surface area contributed by atoms with Crippen LogP contribution in [0.25, 0.3) is 10.9 Å². The van der Waals surface area contributed by atoms with Gasteiger partial charge in [-0.1, -0.05) is 18.2 Å². The van der Waals surface area contributed by atoms with Crippen molar-refractivity contribution in [2.45, 2.75) is 31.9 Å². The predicted octanol–water partition coefficient (Wildman–Crippen LogP) is 3.18. The summed E-state index contributed by atoms with van der Waals surface area (Å²) in [5, 5.41) is 13.9. The minimum Gasteiger partial charge on any atom is -0.393 e. The molecule has 5 nitrogen and oxygen atoms in total. The molecule has 1 fully saturated rings. The fourth-order valence-corrected chi connectivity index (χ4v) is 3.58. The van der Waals surface area contributed by atoms with E-state index in [9.17, 15) is 9.90 Å². The maximum Gasteiger partial charge on any atom is 0.252 e. The molecular formula is C21H21N3O2. The molecule has 0 radical (unpaired) electrons. The van der Waals surface area contributed by atoms with Crippen molar-refractivity contribution in [2.75, 3.05) is 0 Å². The summed E-state index contributed by atoms with van der Waals surface area (Å²) in [6, 6.07) is 11.6. The number of para-hydroxylation sites is 1. The van der Waals surface area contributed by atoms with Gasteiger partial charge in [-0.15, -0.1) is 0 Å². The van der Waals surface area contributed by atoms with E-state index in [-0.39, 0.29) is 24.0 Å². The lowest BCUT2D eigenvalue weighted by Gasteiger charge is -2.38. The molecule has 0 saturated heterocycles. The lowest BCUT2D eigenvalue weighted by atomic mass is 9.75. The van der Waals surface area contributed by atoms with E-state index in [1.165, 1.54) is 0 Å². The lowest BCUT2D eigenvalue weighted by Crippen LogP contribution is -2.41. The molecule has 0 bridgehead atoms. The van der Waals surface area contributed by atoms with Crippen LogP contribution in [-0.4, -0.2) is 27.1 Å². The third kappa shape index (κ3) is 3.18. The number of pyridine rings is 2. The average Bonchev–Trinajstić information content (AvgIpc) is 2.63. The van der Waals surface area contributed by atoms with Gasteiger partial charge in [0, 0.05) is 29.5 Å². The highest BCUT2D eigenvalue weighted by Crippen LogP contribution is 2.38. The Labute approximate surface area is 152 Å². The lowest BCUT2D eigenvalue weighted by molar-refractivity contribution is 0.0235. The van der Waals surface area contributed by atoms with Crippen LogP contribution in [0.4, 0.5) is 0 Å². The topological polar surface area (TPSA) is 75.1 Å². The Bertz CT molecular complexity index is 951. The first-order chi connectivity index (χ1) is 12.6. The number of aliphatic hydroxyl groups is 1. The molecule has 2 aromatic heterocycles. The molecule has 3 aromatic rings. The molecular weight excluding hydrogens is 326 g/mol. The number of carbonyl (C=O) groups excluding carboxylic acids is 1. The molecule has 1 atom stereocenters. The molecule has 1 aliphatic carbocycles. The van der Waals surface area contributed by atoms with Crippen molar-refractivity contribution in [3.8, 4) is 0 Å². The number of fused-ring (bicyclic) bond motifs is 1. The van der Waals surface area contributed by atoms with Gasteiger partial charge in [0.1, 0.15) is 0 Å². The number of nitrogens with zero attached hydrogens (tertiary/aromatic N) is 2. The third-order valence-corrected chi connectivity index (χ3v) is 5.14. The Hall–Kier alpha value is -2.79. The van der Waals surface area contributed by atoms with Gasteiger partial charge < -0.3 is 10.4 Å². The van der Waals surface area contributed by atoms with Crippen molar-refractivity contribution < 1.29 is 9.90 Å². The predicted molar refractivity (Wildman–Crippen MR) is 99.7 cm³/mol. The van der Waals surface area contributed by atoms with Crippen LogP contribution in [0, 0.1) is 12.8 Å². The van der Waals surface area contributed by atoms with Gasteiger partial charge in [0.25, 0.3) is 5.91 Å². The molecule has 0 unspecified atom stereocenters. The molecule has 1 aromatic carbocycles. The summed E-state index contributed by atoms with van der Waals surface area (Å²) < 4.78 is 0. The Morgan fingerprint density at radius 1 is 1.23 bits per heavy atom. The Kier molecular flexibility index (Phi) is 4.39. The van der Waals surface area contributed by atoms with Crippen molar-refractivity contribution in [1.82, 2.24) is 15.3 Å². The molecule has 2 N–H and O–H groups in total. The average molecular weight is 347 g/mol. The molecule has 2 heterocycles. The van der Waals surface area contributed by atoms with Crippen molar-refractivity contribution in [1.29, 1.82) is 0 Å². The van der Waals surface area contributed by atoms with Gasteiger partial charge in [-0.3, -0.25) is 14.8 Å². The van der Waals surface area contributed by atoms with Crippen LogP contribution in [0.15, 0.2) is 55.0 Å². The monoisotopic (exact) mass is 347 g/mol. The van der Waals surface area contributed by atoms with Gasteiger partial charge in [-0.2, -0.15) is 0 Å². The second-order valence-electron chi connectivity index (χ2n) is 6.99. The fraction of sp³-hybridized carbons (Fsp3) is 0.286. The smallest absolute Gasteiger partial charge is 0.252 e. The Morgan fingerprint density at radius 2 is 2.04 bits per heavy atom. The maximum absolute atomic E-state index is 12.8. The quantitative estimate of drug-likeness (QED) is 0.760. The molecule has 132 valence electrons. The van der Waals surface area contributed by atoms with Crippen LogP contribution < -0.4 is 5.32 Å². The van der Waals surface area contributed by atoms with Crippen LogP contribution in [-0.2, 0) is 0 Å². The van der Waals surface area contributed by atoms with Crippen molar-refractivity contribution in [2.24, 2.45) is 5.92 Å². The van der Waals surface area contributed by atoms with Crippen LogP contribution in [0.5, 0.6) is 0 Å². The van der Waals surface area contributed by atoms with Gasteiger partial charge in [0.15, 0.2) is 0 Å². The number of aryl methyl sites for hydroxylation is 1. The zero-order chi connectivity index (χ0) is 18.1. The highest BCUT2D eigenvalue weighted by Gasteiger charge is 2.36. The van der Waals surface area contributed by atoms with E-state index < -0.39 is 0 Å². The van der Waals surface area contributed by atoms with Gasteiger partial charge >= 0.3 is 0 Å². The van der Waals surface area contributed by atoms with Crippen molar-refractivity contribution >= 4 is 16.8 Å². The van der Waals surface area contributed by atoms with Crippen molar-refractivity contribution in [3.05, 3.63) is 71.7 Å². The van der Waals surface area contributed by atoms with E-state index >= 15 is 0 Å². The van der Waals surface area contributed by atoms with Crippen LogP contribution in [0.3, 0.4) is 0 Å². The summed E-state index contributed by atoms with van der Waals surface area (Å²) in [6.07, 6.45) is 6.24. The fourth-order valence-electron chi connectivity index (χ4n) is 3.58. The van der Waals surface area contributed by atoms with Crippen LogP contribution in [0.1, 0.15) is 40.4 Å². The normalized spacial score (nSPS) is 20.4. The van der Waals surface area contributed by atoms with E-state index in [1.807, 2.05) is 37.4 Å². The largest absolute Gasteiger partial charge is 0.393 e. The number of nitrogens with one attached hydrogen (secondary N) is 1. The van der Waals surface area contributed by atoms with Gasteiger partial charge in [0.05, 0.1) is 17.7 Å². The molecule has 1 aliphatic rings. The number of amides is 1. The Balaban J connectivity index is 1.65. The first-order valence-electron chi connectivity index (χ1n) is 8.86. The van der Waals surface area contributed by atoms with Crippen LogP contribution >= 0.6 is 0 Å². The van der Waals surface area contributed by atoms with E-state index in [0.717, 1.165) is 22.0 Å². The zero-order valence-electron chi connectivity index (χ0n) is 14.6. The first-order valence-corrected chi connectivity index (χ1v) is 8.86. The van der Waals surface area contributed by atoms with Crippen LogP contribution in [0.2, 0.25) is 0 Å². The number of aromatic nitrogens is 2. The van der Waals surface area contributed by atoms with E-state index in [4.69, 9.17) is 0 Å². The number of hydrogen-bond donors (Lipinski definition) is 2. The SMILES string of the molecule is Cc1cnccc1C(=O)N[C@@H](c1cnc2ccccc2c1)C1CC(O)C1. The minimum atomic E-state index is -0.282. The standard InChI is InChI=1S/C21H21N3O2/c1-13-11-22-7-6-18(13)21(26)24-20(15-9-17(25)10-15)16-8-14-4-2-3-5-19(14)23-12-16/h2-8,11-12,15,17,20,25H,9-10H2,1H3,(H,24,26)/t15?,17?,20-/m1/s1. The first kappa shape index (κ1) is 16.7. The molecule has 0 aliphatic heterocycles. The minimum absolute atomic E-state index is 0.121. The highest BCUT2D eigenvalue weighted by molar-refractivity contribution is 5.95. The number of benzene rings is 1. The zero-order valence-corrected chi connectivity index (χ0v) is 14.6. The second kappa shape index (κ2) is 6.84. The molecule has 5 heteroatoms. The van der Waals surface area contributed by atoms with E-state index in [0.29, 0.717) is 18.4 Å². The van der Waals surface area contributed by atoms with Gasteiger partial charge in [-0.05, 0) is 55.0 Å². The summed E-state index contributed by atoms with van der Waals surface area (Å²) in [5.74, 6) is 0.0866. The summed E-state index contributed by atoms with van der Waals surface area (Å²) in [7, 11) is 0. The summed E-state index contributed by atoms with van der Waals surface area (Å²) in [5.41, 5.74) is 3.37. The van der Waals surface area contributed by atoms with Gasteiger partial charge in [-0.25, -0.2) is 0 Å². The Morgan fingerprint density at radius 3 is 2.81 bits per heavy atom. The molecule has 26 heavy (non-hydrogen) atoms. The maximum atomic E-state index is 12.8. The van der Waals surface area contributed by atoms with Crippen molar-refractivity contribution in [3.63, 3.8) is 0 Å². The number of hydrogen-bond acceptors (Lipinski definition) is 4. The van der Waals surface area contributed by atoms with Gasteiger partial charge in [0.2, 0.25) is 0 Å². The second-order valence-corrected chi connectivity index (χ2v) is 6.99. The number of carbonyl (C=O) groups is 1. The summed E-state index contributed by atoms with van der Waals surface area (Å²) >= 11 is 0. The number of aliphatic hydroxyl groups excluding tert-OH is 1. The molecule has 1 saturated carbocycles. The molecule has 0 spiro atoms. The van der Waals surface area contributed by atoms with E-state index in [1.54, 1.807) is 18.5 Å². The van der Waals surface area contributed by atoms with E-state index in [2.05, 4.69) is 21.4 Å². The highest BCUT2D eigenvalue weighted by atomic mass is 16.3. The summed E-state index contributed by atoms with van der Waals surface area (Å²) in [4.78, 5) is 21.4. The summed E-state index contributed by atoms with van der Waals surface area (Å²) in [6.45, 7) is 1.88.